The van der Waals surface area contributed by atoms with Gasteiger partial charge in [-0.1, -0.05) is 6.07 Å². The number of pyridine rings is 1. The number of benzene rings is 2. The normalized spacial score (nSPS) is 16.7. The van der Waals surface area contributed by atoms with E-state index in [1.165, 1.54) is 6.07 Å². The van der Waals surface area contributed by atoms with Crippen LogP contribution in [0.5, 0.6) is 0 Å². The van der Waals surface area contributed by atoms with Crippen molar-refractivity contribution in [2.45, 2.75) is 6.42 Å². The lowest BCUT2D eigenvalue weighted by Crippen LogP contribution is -2.31. The van der Waals surface area contributed by atoms with Crippen molar-refractivity contribution < 1.29 is 13.6 Å². The van der Waals surface area contributed by atoms with Gasteiger partial charge in [-0.25, -0.2) is 8.78 Å². The van der Waals surface area contributed by atoms with Crippen LogP contribution in [0.4, 0.5) is 14.5 Å². The largest absolute Gasteiger partial charge is 0.371 e. The number of halogens is 2. The molecule has 1 aromatic heterocycles. The Kier molecular flexibility index (Phi) is 4.71. The quantitative estimate of drug-likeness (QED) is 0.764. The second-order valence-corrected chi connectivity index (χ2v) is 6.79. The van der Waals surface area contributed by atoms with Crippen LogP contribution in [-0.2, 0) is 0 Å². The van der Waals surface area contributed by atoms with Gasteiger partial charge in [0.1, 0.15) is 0 Å². The lowest BCUT2D eigenvalue weighted by Gasteiger charge is -2.20. The number of carbonyl (C=O) groups is 1. The smallest absolute Gasteiger partial charge is 0.251 e. The Morgan fingerprint density at radius 1 is 1.15 bits per heavy atom. The van der Waals surface area contributed by atoms with Crippen LogP contribution in [0.1, 0.15) is 16.8 Å². The number of amides is 1. The molecular formula is C21H19F2N3O. The number of hydrogen-bond donors (Lipinski definition) is 1. The minimum atomic E-state index is -1.01. The molecule has 1 aliphatic rings. The van der Waals surface area contributed by atoms with Crippen molar-refractivity contribution in [3.8, 4) is 0 Å². The first kappa shape index (κ1) is 17.4. The molecule has 0 aliphatic carbocycles. The highest BCUT2D eigenvalue weighted by molar-refractivity contribution is 5.94. The molecule has 4 nitrogen and oxygen atoms in total. The number of rotatable bonds is 4. The number of anilines is 1. The molecule has 1 unspecified atom stereocenters. The Morgan fingerprint density at radius 3 is 2.89 bits per heavy atom. The summed E-state index contributed by atoms with van der Waals surface area (Å²) in [4.78, 5) is 18.9. The van der Waals surface area contributed by atoms with E-state index in [1.807, 2.05) is 18.2 Å². The monoisotopic (exact) mass is 367 g/mol. The van der Waals surface area contributed by atoms with Crippen molar-refractivity contribution in [2.75, 3.05) is 24.5 Å². The lowest BCUT2D eigenvalue weighted by molar-refractivity contribution is 0.0947. The summed E-state index contributed by atoms with van der Waals surface area (Å²) in [6, 6.07) is 13.3. The number of nitrogens with zero attached hydrogens (tertiary/aromatic N) is 2. The molecule has 1 saturated heterocycles. The van der Waals surface area contributed by atoms with Crippen LogP contribution in [0.3, 0.4) is 0 Å². The van der Waals surface area contributed by atoms with Crippen LogP contribution in [0.2, 0.25) is 0 Å². The van der Waals surface area contributed by atoms with E-state index in [2.05, 4.69) is 27.3 Å². The fraction of sp³-hybridized carbons (Fsp3) is 0.238. The van der Waals surface area contributed by atoms with Crippen LogP contribution >= 0.6 is 0 Å². The summed E-state index contributed by atoms with van der Waals surface area (Å²) < 4.78 is 26.3. The zero-order chi connectivity index (χ0) is 18.8. The van der Waals surface area contributed by atoms with Gasteiger partial charge in [-0.2, -0.15) is 0 Å². The van der Waals surface area contributed by atoms with Gasteiger partial charge in [-0.15, -0.1) is 0 Å². The van der Waals surface area contributed by atoms with Gasteiger partial charge in [-0.3, -0.25) is 9.78 Å². The molecule has 1 aliphatic heterocycles. The summed E-state index contributed by atoms with van der Waals surface area (Å²) in [5.41, 5.74) is 2.24. The molecule has 1 fully saturated rings. The van der Waals surface area contributed by atoms with E-state index in [0.717, 1.165) is 48.2 Å². The predicted octanol–water partition coefficient (Wildman–Crippen LogP) is 3.77. The number of aromatic nitrogens is 1. The maximum atomic E-state index is 13.3. The minimum Gasteiger partial charge on any atom is -0.371 e. The predicted molar refractivity (Wildman–Crippen MR) is 101 cm³/mol. The molecule has 1 N–H and O–H groups in total. The van der Waals surface area contributed by atoms with Crippen molar-refractivity contribution in [3.63, 3.8) is 0 Å². The standard InChI is InChI=1S/C21H19F2N3O/c22-17-7-6-15(11-18(17)23)21(27)25-12-14-8-10-26(13-14)20-5-1-4-19-16(20)3-2-9-24-19/h1-7,9,11,14H,8,10,12-13H2,(H,25,27). The molecule has 1 atom stereocenters. The molecule has 3 aromatic rings. The van der Waals surface area contributed by atoms with E-state index < -0.39 is 11.6 Å². The van der Waals surface area contributed by atoms with Crippen molar-refractivity contribution >= 4 is 22.5 Å². The summed E-state index contributed by atoms with van der Waals surface area (Å²) in [7, 11) is 0. The van der Waals surface area contributed by atoms with Crippen LogP contribution in [0, 0.1) is 17.6 Å². The Labute approximate surface area is 155 Å². The molecule has 138 valence electrons. The summed E-state index contributed by atoms with van der Waals surface area (Å²) in [5.74, 6) is -2.06. The van der Waals surface area contributed by atoms with Crippen LogP contribution in [0.15, 0.2) is 54.7 Å². The summed E-state index contributed by atoms with van der Waals surface area (Å²) in [6.45, 7) is 2.23. The second-order valence-electron chi connectivity index (χ2n) is 6.79. The van der Waals surface area contributed by atoms with E-state index >= 15 is 0 Å². The number of hydrogen-bond acceptors (Lipinski definition) is 3. The molecule has 2 heterocycles. The summed E-state index contributed by atoms with van der Waals surface area (Å²) >= 11 is 0. The number of nitrogens with one attached hydrogen (secondary N) is 1. The maximum absolute atomic E-state index is 13.3. The van der Waals surface area contributed by atoms with Crippen molar-refractivity contribution in [1.29, 1.82) is 0 Å². The van der Waals surface area contributed by atoms with Gasteiger partial charge in [0.15, 0.2) is 11.6 Å². The van der Waals surface area contributed by atoms with Gasteiger partial charge in [-0.05, 0) is 54.8 Å². The SMILES string of the molecule is O=C(NCC1CCN(c2cccc3ncccc23)C1)c1ccc(F)c(F)c1. The van der Waals surface area contributed by atoms with Crippen molar-refractivity contribution in [1.82, 2.24) is 10.3 Å². The third kappa shape index (κ3) is 3.60. The zero-order valence-electron chi connectivity index (χ0n) is 14.7. The van der Waals surface area contributed by atoms with Crippen LogP contribution in [-0.4, -0.2) is 30.5 Å². The topological polar surface area (TPSA) is 45.2 Å². The molecule has 0 bridgehead atoms. The first-order chi connectivity index (χ1) is 13.1. The summed E-state index contributed by atoms with van der Waals surface area (Å²) in [6.07, 6.45) is 2.74. The van der Waals surface area contributed by atoms with Crippen molar-refractivity contribution in [3.05, 3.63) is 71.9 Å². The molecule has 27 heavy (non-hydrogen) atoms. The lowest BCUT2D eigenvalue weighted by atomic mass is 10.1. The number of carbonyl (C=O) groups excluding carboxylic acids is 1. The molecule has 0 saturated carbocycles. The van der Waals surface area contributed by atoms with Gasteiger partial charge >= 0.3 is 0 Å². The molecular weight excluding hydrogens is 348 g/mol. The average Bonchev–Trinajstić information content (AvgIpc) is 3.16. The third-order valence-corrected chi connectivity index (χ3v) is 4.98. The van der Waals surface area contributed by atoms with E-state index in [4.69, 9.17) is 0 Å². The van der Waals surface area contributed by atoms with E-state index in [0.29, 0.717) is 12.5 Å². The Balaban J connectivity index is 1.39. The zero-order valence-corrected chi connectivity index (χ0v) is 14.7. The molecule has 0 spiro atoms. The average molecular weight is 367 g/mol. The van der Waals surface area contributed by atoms with Crippen molar-refractivity contribution in [2.24, 2.45) is 5.92 Å². The minimum absolute atomic E-state index is 0.129. The maximum Gasteiger partial charge on any atom is 0.251 e. The fourth-order valence-corrected chi connectivity index (χ4v) is 3.56. The highest BCUT2D eigenvalue weighted by Gasteiger charge is 2.24. The van der Waals surface area contributed by atoms with Gasteiger partial charge in [0, 0.05) is 42.5 Å². The Bertz CT molecular complexity index is 987. The van der Waals surface area contributed by atoms with E-state index in [1.54, 1.807) is 6.20 Å². The summed E-state index contributed by atoms with van der Waals surface area (Å²) in [5, 5.41) is 3.95. The van der Waals surface area contributed by atoms with E-state index in [9.17, 15) is 13.6 Å². The number of fused-ring (bicyclic) bond motifs is 1. The molecule has 0 radical (unpaired) electrons. The van der Waals surface area contributed by atoms with Gasteiger partial charge in [0.05, 0.1) is 5.52 Å². The second kappa shape index (κ2) is 7.31. The molecule has 2 aromatic carbocycles. The highest BCUT2D eigenvalue weighted by Crippen LogP contribution is 2.29. The van der Waals surface area contributed by atoms with E-state index in [-0.39, 0.29) is 11.5 Å². The van der Waals surface area contributed by atoms with Gasteiger partial charge in [0.2, 0.25) is 0 Å². The first-order valence-electron chi connectivity index (χ1n) is 8.94. The van der Waals surface area contributed by atoms with Crippen LogP contribution in [0.25, 0.3) is 10.9 Å². The highest BCUT2D eigenvalue weighted by atomic mass is 19.2. The molecule has 4 rings (SSSR count). The first-order valence-corrected chi connectivity index (χ1v) is 8.94. The molecule has 6 heteroatoms. The Hall–Kier alpha value is -3.02. The van der Waals surface area contributed by atoms with Crippen LogP contribution < -0.4 is 10.2 Å². The Morgan fingerprint density at radius 2 is 2.04 bits per heavy atom. The van der Waals surface area contributed by atoms with Gasteiger partial charge in [0.25, 0.3) is 5.91 Å². The molecule has 1 amide bonds. The third-order valence-electron chi connectivity index (χ3n) is 4.98. The fourth-order valence-electron chi connectivity index (χ4n) is 3.56. The van der Waals surface area contributed by atoms with Gasteiger partial charge < -0.3 is 10.2 Å².